The largest absolute Gasteiger partial charge is 0.507 e. The van der Waals surface area contributed by atoms with E-state index < -0.39 is 11.0 Å². The van der Waals surface area contributed by atoms with Crippen molar-refractivity contribution in [3.8, 4) is 5.75 Å². The molecule has 1 saturated carbocycles. The lowest BCUT2D eigenvalue weighted by Crippen LogP contribution is -2.22. The quantitative estimate of drug-likeness (QED) is 0.685. The average Bonchev–Trinajstić information content (AvgIpc) is 3.50. The van der Waals surface area contributed by atoms with Crippen molar-refractivity contribution in [1.29, 1.82) is 0 Å². The molecule has 3 aromatic rings. The van der Waals surface area contributed by atoms with Crippen molar-refractivity contribution >= 4 is 0 Å². The molecule has 0 aliphatic heterocycles. The predicted molar refractivity (Wildman–Crippen MR) is 106 cm³/mol. The summed E-state index contributed by atoms with van der Waals surface area (Å²) in [7, 11) is 0. The minimum absolute atomic E-state index is 0.0101. The fourth-order valence-corrected chi connectivity index (χ4v) is 3.65. The van der Waals surface area contributed by atoms with Gasteiger partial charge in [-0.05, 0) is 49.3 Å². The number of hydrogen-bond donors (Lipinski definition) is 1. The summed E-state index contributed by atoms with van der Waals surface area (Å²) in [5.74, 6) is 1.07. The molecule has 3 heteroatoms. The molecule has 0 radical (unpaired) electrons. The van der Waals surface area contributed by atoms with Crippen LogP contribution in [0.15, 0.2) is 69.9 Å². The lowest BCUT2D eigenvalue weighted by atomic mass is 9.82. The fraction of sp³-hybridized carbons (Fsp3) is 0.292. The van der Waals surface area contributed by atoms with Gasteiger partial charge < -0.3 is 9.52 Å². The SMILES string of the molecule is CC(C)(c1ccccc1)c1cc(O)c(Cc2ccccc2C2CC2)c(=O)o1. The zero-order chi connectivity index (χ0) is 19.0. The summed E-state index contributed by atoms with van der Waals surface area (Å²) in [5, 5.41) is 10.6. The molecule has 1 fully saturated rings. The van der Waals surface area contributed by atoms with Crippen molar-refractivity contribution < 1.29 is 9.52 Å². The first-order chi connectivity index (χ1) is 13.0. The molecular formula is C24H24O3. The van der Waals surface area contributed by atoms with Crippen LogP contribution in [0.4, 0.5) is 0 Å². The molecule has 0 spiro atoms. The Kier molecular flexibility index (Phi) is 4.39. The summed E-state index contributed by atoms with van der Waals surface area (Å²) in [6.07, 6.45) is 2.79. The van der Waals surface area contributed by atoms with Crippen LogP contribution >= 0.6 is 0 Å². The Morgan fingerprint density at radius 2 is 1.70 bits per heavy atom. The molecule has 1 aliphatic rings. The highest BCUT2D eigenvalue weighted by Gasteiger charge is 2.29. The zero-order valence-electron chi connectivity index (χ0n) is 15.7. The van der Waals surface area contributed by atoms with Crippen LogP contribution in [0.2, 0.25) is 0 Å². The van der Waals surface area contributed by atoms with E-state index in [-0.39, 0.29) is 5.75 Å². The Balaban J connectivity index is 1.70. The Bertz CT molecular complexity index is 1010. The summed E-state index contributed by atoms with van der Waals surface area (Å²) in [6, 6.07) is 19.6. The van der Waals surface area contributed by atoms with Crippen LogP contribution in [-0.4, -0.2) is 5.11 Å². The van der Waals surface area contributed by atoms with Gasteiger partial charge in [0, 0.05) is 17.9 Å². The van der Waals surface area contributed by atoms with Crippen LogP contribution in [0.5, 0.6) is 5.75 Å². The second-order valence-corrected chi connectivity index (χ2v) is 7.90. The lowest BCUT2D eigenvalue weighted by molar-refractivity contribution is 0.371. The van der Waals surface area contributed by atoms with Gasteiger partial charge in [-0.15, -0.1) is 0 Å². The smallest absolute Gasteiger partial charge is 0.343 e. The molecule has 1 heterocycles. The number of benzene rings is 2. The summed E-state index contributed by atoms with van der Waals surface area (Å²) in [5.41, 5.74) is 2.76. The predicted octanol–water partition coefficient (Wildman–Crippen LogP) is 5.14. The highest BCUT2D eigenvalue weighted by atomic mass is 16.4. The van der Waals surface area contributed by atoms with Gasteiger partial charge in [-0.2, -0.15) is 0 Å². The molecule has 4 rings (SSSR count). The van der Waals surface area contributed by atoms with E-state index in [1.807, 2.05) is 62.4 Å². The van der Waals surface area contributed by atoms with Crippen LogP contribution in [0, 0.1) is 0 Å². The van der Waals surface area contributed by atoms with Crippen LogP contribution in [0.1, 0.15) is 60.6 Å². The van der Waals surface area contributed by atoms with E-state index in [0.29, 0.717) is 23.7 Å². The third-order valence-corrected chi connectivity index (χ3v) is 5.58. The summed E-state index contributed by atoms with van der Waals surface area (Å²) < 4.78 is 5.68. The molecule has 138 valence electrons. The molecule has 2 aromatic carbocycles. The maximum absolute atomic E-state index is 12.7. The van der Waals surface area contributed by atoms with Crippen LogP contribution in [-0.2, 0) is 11.8 Å². The summed E-state index contributed by atoms with van der Waals surface area (Å²) >= 11 is 0. The summed E-state index contributed by atoms with van der Waals surface area (Å²) in [6.45, 7) is 3.98. The molecule has 3 nitrogen and oxygen atoms in total. The Labute approximate surface area is 159 Å². The molecule has 1 aliphatic carbocycles. The first-order valence-corrected chi connectivity index (χ1v) is 9.46. The van der Waals surface area contributed by atoms with E-state index in [1.54, 1.807) is 6.07 Å². The van der Waals surface area contributed by atoms with Crippen molar-refractivity contribution in [2.75, 3.05) is 0 Å². The van der Waals surface area contributed by atoms with Crippen LogP contribution in [0.25, 0.3) is 0 Å². The van der Waals surface area contributed by atoms with Gasteiger partial charge in [-0.1, -0.05) is 54.6 Å². The topological polar surface area (TPSA) is 50.4 Å². The first-order valence-electron chi connectivity index (χ1n) is 9.46. The van der Waals surface area contributed by atoms with E-state index in [9.17, 15) is 9.90 Å². The fourth-order valence-electron chi connectivity index (χ4n) is 3.65. The number of aromatic hydroxyl groups is 1. The number of rotatable bonds is 5. The van der Waals surface area contributed by atoms with E-state index in [2.05, 4.69) is 6.07 Å². The highest BCUT2D eigenvalue weighted by Crippen LogP contribution is 2.42. The van der Waals surface area contributed by atoms with Crippen molar-refractivity contribution in [3.63, 3.8) is 0 Å². The normalized spacial score (nSPS) is 14.3. The molecule has 0 unspecified atom stereocenters. The molecular weight excluding hydrogens is 336 g/mol. The highest BCUT2D eigenvalue weighted by molar-refractivity contribution is 5.42. The van der Waals surface area contributed by atoms with Gasteiger partial charge in [0.05, 0.1) is 5.56 Å². The van der Waals surface area contributed by atoms with Gasteiger partial charge >= 0.3 is 5.63 Å². The molecule has 0 atom stereocenters. The maximum atomic E-state index is 12.7. The van der Waals surface area contributed by atoms with Crippen molar-refractivity contribution in [2.24, 2.45) is 0 Å². The van der Waals surface area contributed by atoms with Crippen molar-refractivity contribution in [3.05, 3.63) is 99.1 Å². The van der Waals surface area contributed by atoms with Gasteiger partial charge in [-0.25, -0.2) is 4.79 Å². The minimum atomic E-state index is -0.512. The molecule has 1 N–H and O–H groups in total. The Morgan fingerprint density at radius 3 is 2.37 bits per heavy atom. The van der Waals surface area contributed by atoms with E-state index in [1.165, 1.54) is 18.4 Å². The minimum Gasteiger partial charge on any atom is -0.507 e. The number of hydrogen-bond acceptors (Lipinski definition) is 3. The second-order valence-electron chi connectivity index (χ2n) is 7.90. The summed E-state index contributed by atoms with van der Waals surface area (Å²) in [4.78, 5) is 12.7. The van der Waals surface area contributed by atoms with Gasteiger partial charge in [0.15, 0.2) is 0 Å². The van der Waals surface area contributed by atoms with Gasteiger partial charge in [0.2, 0.25) is 0 Å². The Morgan fingerprint density at radius 1 is 1.04 bits per heavy atom. The van der Waals surface area contributed by atoms with Gasteiger partial charge in [0.25, 0.3) is 0 Å². The van der Waals surface area contributed by atoms with E-state index in [0.717, 1.165) is 11.1 Å². The maximum Gasteiger partial charge on any atom is 0.343 e. The monoisotopic (exact) mass is 360 g/mol. The van der Waals surface area contributed by atoms with Crippen LogP contribution in [0.3, 0.4) is 0 Å². The second kappa shape index (κ2) is 6.73. The molecule has 0 bridgehead atoms. The average molecular weight is 360 g/mol. The van der Waals surface area contributed by atoms with Crippen LogP contribution < -0.4 is 5.63 Å². The van der Waals surface area contributed by atoms with Gasteiger partial charge in [-0.3, -0.25) is 0 Å². The third-order valence-electron chi connectivity index (χ3n) is 5.58. The molecule has 27 heavy (non-hydrogen) atoms. The standard InChI is InChI=1S/C24H24O3/c1-24(2,18-9-4-3-5-10-18)22-15-21(25)20(23(26)27-22)14-17-8-6-7-11-19(17)16-12-13-16/h3-11,15-16,25H,12-14H2,1-2H3. The molecule has 0 amide bonds. The zero-order valence-corrected chi connectivity index (χ0v) is 15.7. The molecule has 0 saturated heterocycles. The third kappa shape index (κ3) is 3.42. The van der Waals surface area contributed by atoms with Crippen molar-refractivity contribution in [2.45, 2.75) is 44.4 Å². The van der Waals surface area contributed by atoms with E-state index >= 15 is 0 Å². The Hall–Kier alpha value is -2.81. The van der Waals surface area contributed by atoms with Crippen molar-refractivity contribution in [1.82, 2.24) is 0 Å². The first kappa shape index (κ1) is 17.6. The van der Waals surface area contributed by atoms with Gasteiger partial charge in [0.1, 0.15) is 11.5 Å². The van der Waals surface area contributed by atoms with E-state index in [4.69, 9.17) is 4.42 Å². The lowest BCUT2D eigenvalue weighted by Gasteiger charge is -2.24. The molecule has 1 aromatic heterocycles.